The van der Waals surface area contributed by atoms with Gasteiger partial charge in [-0.1, -0.05) is 0 Å². The quantitative estimate of drug-likeness (QED) is 0.684. The lowest BCUT2D eigenvalue weighted by atomic mass is 10.4. The van der Waals surface area contributed by atoms with Gasteiger partial charge in [0.05, 0.1) is 4.88 Å². The van der Waals surface area contributed by atoms with Crippen molar-refractivity contribution >= 4 is 22.9 Å². The molecule has 0 saturated carbocycles. The molecule has 0 unspecified atom stereocenters. The molecule has 0 atom stereocenters. The molecule has 0 spiro atoms. The normalized spacial score (nSPS) is 9.64. The van der Waals surface area contributed by atoms with Gasteiger partial charge in [0.2, 0.25) is 0 Å². The average molecular weight is 170 g/mol. The van der Waals surface area contributed by atoms with Gasteiger partial charge in [-0.2, -0.15) is 0 Å². The van der Waals surface area contributed by atoms with Crippen LogP contribution in [-0.2, 0) is 0 Å². The number of nitrogen functional groups attached to an aromatic ring is 1. The Bertz CT molecular complexity index is 267. The molecule has 1 rings (SSSR count). The molecular formula is C7H10N2OS. The fourth-order valence-corrected chi connectivity index (χ4v) is 1.50. The van der Waals surface area contributed by atoms with Crippen LogP contribution in [0.2, 0.25) is 0 Å². The van der Waals surface area contributed by atoms with E-state index in [2.05, 4.69) is 0 Å². The standard InChI is InChI=1S/C7H10N2OS/c1-9(2)7(10)6-3-5(8)4-11-6/h3-4H,8H2,1-2H3. The predicted octanol–water partition coefficient (Wildman–Crippen LogP) is 1.03. The third-order valence-electron chi connectivity index (χ3n) is 1.24. The van der Waals surface area contributed by atoms with E-state index in [0.717, 1.165) is 0 Å². The highest BCUT2D eigenvalue weighted by molar-refractivity contribution is 7.12. The zero-order valence-electron chi connectivity index (χ0n) is 6.50. The van der Waals surface area contributed by atoms with Crippen molar-refractivity contribution in [1.82, 2.24) is 4.90 Å². The second kappa shape index (κ2) is 2.92. The Morgan fingerprint density at radius 3 is 2.64 bits per heavy atom. The van der Waals surface area contributed by atoms with Gasteiger partial charge >= 0.3 is 0 Å². The largest absolute Gasteiger partial charge is 0.398 e. The van der Waals surface area contributed by atoms with E-state index in [-0.39, 0.29) is 5.91 Å². The number of nitrogens with two attached hydrogens (primary N) is 1. The van der Waals surface area contributed by atoms with E-state index in [1.807, 2.05) is 0 Å². The number of rotatable bonds is 1. The van der Waals surface area contributed by atoms with E-state index in [1.54, 1.807) is 25.5 Å². The number of amides is 1. The van der Waals surface area contributed by atoms with E-state index in [0.29, 0.717) is 10.6 Å². The third-order valence-corrected chi connectivity index (χ3v) is 2.17. The van der Waals surface area contributed by atoms with E-state index in [1.165, 1.54) is 16.2 Å². The van der Waals surface area contributed by atoms with Crippen LogP contribution in [0, 0.1) is 0 Å². The average Bonchev–Trinajstić information content (AvgIpc) is 2.34. The van der Waals surface area contributed by atoms with E-state index in [9.17, 15) is 4.79 Å². The molecule has 0 fully saturated rings. The summed E-state index contributed by atoms with van der Waals surface area (Å²) in [5.74, 6) is 0.00620. The van der Waals surface area contributed by atoms with Crippen molar-refractivity contribution in [3.05, 3.63) is 16.3 Å². The van der Waals surface area contributed by atoms with Crippen molar-refractivity contribution in [2.45, 2.75) is 0 Å². The van der Waals surface area contributed by atoms with Gasteiger partial charge in [0.15, 0.2) is 0 Å². The minimum atomic E-state index is 0.00620. The molecule has 11 heavy (non-hydrogen) atoms. The van der Waals surface area contributed by atoms with Crippen molar-refractivity contribution in [3.63, 3.8) is 0 Å². The van der Waals surface area contributed by atoms with Gasteiger partial charge in [-0.05, 0) is 6.07 Å². The topological polar surface area (TPSA) is 46.3 Å². The number of hydrogen-bond donors (Lipinski definition) is 1. The lowest BCUT2D eigenvalue weighted by Crippen LogP contribution is -2.20. The summed E-state index contributed by atoms with van der Waals surface area (Å²) >= 11 is 1.37. The van der Waals surface area contributed by atoms with Gasteiger partial charge < -0.3 is 10.6 Å². The molecule has 0 aliphatic rings. The van der Waals surface area contributed by atoms with E-state index >= 15 is 0 Å². The molecule has 0 aliphatic heterocycles. The molecule has 0 saturated heterocycles. The summed E-state index contributed by atoms with van der Waals surface area (Å²) in [6.45, 7) is 0. The minimum Gasteiger partial charge on any atom is -0.398 e. The summed E-state index contributed by atoms with van der Waals surface area (Å²) in [7, 11) is 3.44. The molecule has 4 heteroatoms. The van der Waals surface area contributed by atoms with Crippen molar-refractivity contribution in [2.75, 3.05) is 19.8 Å². The number of carbonyl (C=O) groups is 1. The molecule has 60 valence electrons. The molecular weight excluding hydrogens is 160 g/mol. The smallest absolute Gasteiger partial charge is 0.263 e. The Kier molecular flexibility index (Phi) is 2.14. The maximum atomic E-state index is 11.2. The lowest BCUT2D eigenvalue weighted by molar-refractivity contribution is 0.0832. The van der Waals surface area contributed by atoms with Crippen LogP contribution in [0.4, 0.5) is 5.69 Å². The first-order chi connectivity index (χ1) is 5.11. The van der Waals surface area contributed by atoms with Crippen LogP contribution in [0.3, 0.4) is 0 Å². The van der Waals surface area contributed by atoms with Crippen LogP contribution in [0.25, 0.3) is 0 Å². The molecule has 1 heterocycles. The van der Waals surface area contributed by atoms with Gasteiger partial charge in [0, 0.05) is 25.2 Å². The third kappa shape index (κ3) is 1.71. The Morgan fingerprint density at radius 1 is 1.64 bits per heavy atom. The molecule has 0 radical (unpaired) electrons. The number of anilines is 1. The van der Waals surface area contributed by atoms with Gasteiger partial charge in [-0.3, -0.25) is 4.79 Å². The fraction of sp³-hybridized carbons (Fsp3) is 0.286. The van der Waals surface area contributed by atoms with Crippen molar-refractivity contribution in [1.29, 1.82) is 0 Å². The van der Waals surface area contributed by atoms with Gasteiger partial charge in [-0.25, -0.2) is 0 Å². The monoisotopic (exact) mass is 170 g/mol. The van der Waals surface area contributed by atoms with Gasteiger partial charge in [0.25, 0.3) is 5.91 Å². The predicted molar refractivity (Wildman–Crippen MR) is 46.7 cm³/mol. The van der Waals surface area contributed by atoms with Crippen LogP contribution in [0.1, 0.15) is 9.67 Å². The number of thiophene rings is 1. The van der Waals surface area contributed by atoms with Crippen molar-refractivity contribution in [2.24, 2.45) is 0 Å². The summed E-state index contributed by atoms with van der Waals surface area (Å²) < 4.78 is 0. The van der Waals surface area contributed by atoms with Gasteiger partial charge in [-0.15, -0.1) is 11.3 Å². The van der Waals surface area contributed by atoms with Crippen LogP contribution in [0.15, 0.2) is 11.4 Å². The molecule has 1 amide bonds. The van der Waals surface area contributed by atoms with E-state index in [4.69, 9.17) is 5.73 Å². The van der Waals surface area contributed by atoms with Crippen LogP contribution >= 0.6 is 11.3 Å². The molecule has 0 bridgehead atoms. The zero-order valence-corrected chi connectivity index (χ0v) is 7.31. The summed E-state index contributed by atoms with van der Waals surface area (Å²) in [4.78, 5) is 13.5. The first-order valence-corrected chi connectivity index (χ1v) is 4.05. The summed E-state index contributed by atoms with van der Waals surface area (Å²) in [5, 5.41) is 1.76. The number of carbonyl (C=O) groups excluding carboxylic acids is 1. The Labute approximate surface area is 69.4 Å². The second-order valence-electron chi connectivity index (χ2n) is 2.44. The maximum absolute atomic E-state index is 11.2. The van der Waals surface area contributed by atoms with Crippen LogP contribution < -0.4 is 5.73 Å². The minimum absolute atomic E-state index is 0.00620. The van der Waals surface area contributed by atoms with Crippen molar-refractivity contribution in [3.8, 4) is 0 Å². The summed E-state index contributed by atoms with van der Waals surface area (Å²) in [6.07, 6.45) is 0. The first-order valence-electron chi connectivity index (χ1n) is 3.17. The number of nitrogens with zero attached hydrogens (tertiary/aromatic N) is 1. The lowest BCUT2D eigenvalue weighted by Gasteiger charge is -2.06. The first kappa shape index (κ1) is 8.07. The van der Waals surface area contributed by atoms with Crippen molar-refractivity contribution < 1.29 is 4.79 Å². The Hall–Kier alpha value is -1.03. The highest BCUT2D eigenvalue weighted by Gasteiger charge is 2.08. The van der Waals surface area contributed by atoms with Crippen LogP contribution in [0.5, 0.6) is 0 Å². The van der Waals surface area contributed by atoms with E-state index < -0.39 is 0 Å². The fourth-order valence-electron chi connectivity index (χ4n) is 0.683. The molecule has 3 nitrogen and oxygen atoms in total. The molecule has 1 aromatic rings. The molecule has 1 aromatic heterocycles. The SMILES string of the molecule is CN(C)C(=O)c1cc(N)cs1. The van der Waals surface area contributed by atoms with Gasteiger partial charge in [0.1, 0.15) is 0 Å². The summed E-state index contributed by atoms with van der Waals surface area (Å²) in [5.41, 5.74) is 6.11. The highest BCUT2D eigenvalue weighted by Crippen LogP contribution is 2.16. The molecule has 0 aliphatic carbocycles. The zero-order chi connectivity index (χ0) is 8.43. The van der Waals surface area contributed by atoms with Crippen LogP contribution in [-0.4, -0.2) is 24.9 Å². The molecule has 2 N–H and O–H groups in total. The molecule has 0 aromatic carbocycles. The second-order valence-corrected chi connectivity index (χ2v) is 3.36. The highest BCUT2D eigenvalue weighted by atomic mass is 32.1. The maximum Gasteiger partial charge on any atom is 0.263 e. The number of hydrogen-bond acceptors (Lipinski definition) is 3. The Balaban J connectivity index is 2.85. The Morgan fingerprint density at radius 2 is 2.27 bits per heavy atom. The summed E-state index contributed by atoms with van der Waals surface area (Å²) in [6, 6.07) is 1.69.